The maximum absolute atomic E-state index is 12.4. The first-order chi connectivity index (χ1) is 16.4. The summed E-state index contributed by atoms with van der Waals surface area (Å²) in [6.07, 6.45) is 1.47. The molecule has 0 saturated heterocycles. The lowest BCUT2D eigenvalue weighted by Gasteiger charge is -2.11. The fraction of sp³-hybridized carbons (Fsp3) is 0.160. The Labute approximate surface area is 196 Å². The van der Waals surface area contributed by atoms with Crippen LogP contribution in [0, 0.1) is 0 Å². The van der Waals surface area contributed by atoms with Gasteiger partial charge in [-0.25, -0.2) is 10.2 Å². The first kappa shape index (κ1) is 24.1. The summed E-state index contributed by atoms with van der Waals surface area (Å²) in [5.41, 5.74) is 4.37. The van der Waals surface area contributed by atoms with Gasteiger partial charge >= 0.3 is 5.97 Å². The zero-order valence-corrected chi connectivity index (χ0v) is 18.9. The van der Waals surface area contributed by atoms with Crippen LogP contribution in [0.4, 0.5) is 0 Å². The van der Waals surface area contributed by atoms with Gasteiger partial charge in [-0.05, 0) is 53.6 Å². The molecule has 9 heteroatoms. The highest BCUT2D eigenvalue weighted by atomic mass is 16.5. The van der Waals surface area contributed by atoms with Crippen molar-refractivity contribution in [2.75, 3.05) is 21.3 Å². The molecule has 0 aliphatic rings. The fourth-order valence-electron chi connectivity index (χ4n) is 3.01. The maximum atomic E-state index is 12.4. The number of nitrogens with one attached hydrogen (secondary N) is 1. The molecule has 0 spiro atoms. The van der Waals surface area contributed by atoms with Gasteiger partial charge in [-0.15, -0.1) is 0 Å². The fourth-order valence-corrected chi connectivity index (χ4v) is 3.01. The average Bonchev–Trinajstić information content (AvgIpc) is 2.87. The van der Waals surface area contributed by atoms with Crippen LogP contribution < -0.4 is 24.4 Å². The van der Waals surface area contributed by atoms with Gasteiger partial charge in [0.15, 0.2) is 11.5 Å². The molecule has 1 amide bonds. The lowest BCUT2D eigenvalue weighted by atomic mass is 10.1. The zero-order chi connectivity index (χ0) is 24.5. The van der Waals surface area contributed by atoms with Gasteiger partial charge in [-0.1, -0.05) is 12.1 Å². The summed E-state index contributed by atoms with van der Waals surface area (Å²) in [5.74, 6) is 0.492. The predicted molar refractivity (Wildman–Crippen MR) is 125 cm³/mol. The lowest BCUT2D eigenvalue weighted by molar-refractivity contribution is 0.0696. The molecule has 0 heterocycles. The van der Waals surface area contributed by atoms with Crippen LogP contribution >= 0.6 is 0 Å². The van der Waals surface area contributed by atoms with Gasteiger partial charge in [-0.2, -0.15) is 5.10 Å². The number of rotatable bonds is 10. The number of amides is 1. The van der Waals surface area contributed by atoms with Crippen LogP contribution in [0.2, 0.25) is 0 Å². The Morgan fingerprint density at radius 1 is 0.882 bits per heavy atom. The van der Waals surface area contributed by atoms with Gasteiger partial charge in [0.25, 0.3) is 5.91 Å². The first-order valence-electron chi connectivity index (χ1n) is 10.1. The Kier molecular flexibility index (Phi) is 8.07. The number of hydrazone groups is 1. The SMILES string of the molecule is COc1cc(OC)cc(C(=O)N/N=C\c2ccc(OCc3cccc(C(=O)O)c3)c(OC)c2)c1. The van der Waals surface area contributed by atoms with E-state index in [-0.39, 0.29) is 12.2 Å². The summed E-state index contributed by atoms with van der Waals surface area (Å²) in [6, 6.07) is 16.5. The molecule has 0 saturated carbocycles. The van der Waals surface area contributed by atoms with E-state index in [1.165, 1.54) is 33.6 Å². The van der Waals surface area contributed by atoms with Crippen LogP contribution in [0.25, 0.3) is 0 Å². The van der Waals surface area contributed by atoms with E-state index in [1.807, 2.05) is 0 Å². The predicted octanol–water partition coefficient (Wildman–Crippen LogP) is 3.75. The third-order valence-corrected chi connectivity index (χ3v) is 4.75. The Bertz CT molecular complexity index is 1190. The monoisotopic (exact) mass is 464 g/mol. The van der Waals surface area contributed by atoms with Crippen LogP contribution in [0.15, 0.2) is 65.8 Å². The van der Waals surface area contributed by atoms with Gasteiger partial charge in [0.1, 0.15) is 18.1 Å². The maximum Gasteiger partial charge on any atom is 0.335 e. The molecule has 0 atom stereocenters. The summed E-state index contributed by atoms with van der Waals surface area (Å²) in [6.45, 7) is 0.172. The van der Waals surface area contributed by atoms with Gasteiger partial charge in [0.2, 0.25) is 0 Å². The molecule has 2 N–H and O–H groups in total. The lowest BCUT2D eigenvalue weighted by Crippen LogP contribution is -2.17. The second-order valence-corrected chi connectivity index (χ2v) is 7.00. The Balaban J connectivity index is 1.65. The highest BCUT2D eigenvalue weighted by molar-refractivity contribution is 5.95. The molecule has 3 rings (SSSR count). The summed E-state index contributed by atoms with van der Waals surface area (Å²) in [5, 5.41) is 13.1. The van der Waals surface area contributed by atoms with Crippen molar-refractivity contribution in [2.24, 2.45) is 5.10 Å². The minimum Gasteiger partial charge on any atom is -0.497 e. The van der Waals surface area contributed by atoms with Crippen molar-refractivity contribution in [3.63, 3.8) is 0 Å². The van der Waals surface area contributed by atoms with E-state index in [2.05, 4.69) is 10.5 Å². The smallest absolute Gasteiger partial charge is 0.335 e. The molecule has 0 unspecified atom stereocenters. The molecule has 0 radical (unpaired) electrons. The number of carboxylic acid groups (broad SMARTS) is 1. The number of carbonyl (C=O) groups is 2. The third-order valence-electron chi connectivity index (χ3n) is 4.75. The second kappa shape index (κ2) is 11.4. The molecule has 0 aliphatic heterocycles. The van der Waals surface area contributed by atoms with Crippen molar-refractivity contribution in [3.05, 3.63) is 82.9 Å². The highest BCUT2D eigenvalue weighted by Crippen LogP contribution is 2.28. The molecule has 34 heavy (non-hydrogen) atoms. The average molecular weight is 464 g/mol. The highest BCUT2D eigenvalue weighted by Gasteiger charge is 2.10. The summed E-state index contributed by atoms with van der Waals surface area (Å²) in [4.78, 5) is 23.5. The van der Waals surface area contributed by atoms with Crippen molar-refractivity contribution in [3.8, 4) is 23.0 Å². The van der Waals surface area contributed by atoms with Gasteiger partial charge in [-0.3, -0.25) is 4.79 Å². The standard InChI is InChI=1S/C25H24N2O7/c1-31-20-11-19(12-21(13-20)32-2)24(28)27-26-14-16-7-8-22(23(10-16)33-3)34-15-17-5-4-6-18(9-17)25(29)30/h4-14H,15H2,1-3H3,(H,27,28)(H,29,30)/b26-14-. The van der Waals surface area contributed by atoms with Crippen LogP contribution in [-0.4, -0.2) is 44.5 Å². The molecule has 0 aliphatic carbocycles. The number of benzene rings is 3. The van der Waals surface area contributed by atoms with Crippen LogP contribution in [0.3, 0.4) is 0 Å². The van der Waals surface area contributed by atoms with E-state index in [0.29, 0.717) is 39.7 Å². The van der Waals surface area contributed by atoms with E-state index >= 15 is 0 Å². The van der Waals surface area contributed by atoms with Gasteiger partial charge in [0.05, 0.1) is 33.1 Å². The molecule has 0 bridgehead atoms. The molecule has 9 nitrogen and oxygen atoms in total. The van der Waals surface area contributed by atoms with Crippen LogP contribution in [0.1, 0.15) is 31.8 Å². The van der Waals surface area contributed by atoms with Crippen molar-refractivity contribution >= 4 is 18.1 Å². The summed E-state index contributed by atoms with van der Waals surface area (Å²) < 4.78 is 21.5. The number of aromatic carboxylic acids is 1. The summed E-state index contributed by atoms with van der Waals surface area (Å²) >= 11 is 0. The molecule has 176 valence electrons. The van der Waals surface area contributed by atoms with Crippen LogP contribution in [-0.2, 0) is 6.61 Å². The largest absolute Gasteiger partial charge is 0.497 e. The number of carbonyl (C=O) groups excluding carboxylic acids is 1. The number of hydrogen-bond donors (Lipinski definition) is 2. The minimum atomic E-state index is -0.999. The Morgan fingerprint density at radius 2 is 1.62 bits per heavy atom. The quantitative estimate of drug-likeness (QED) is 0.347. The molecular formula is C25H24N2O7. The normalized spacial score (nSPS) is 10.6. The first-order valence-corrected chi connectivity index (χ1v) is 10.1. The van der Waals surface area contributed by atoms with Crippen molar-refractivity contribution in [2.45, 2.75) is 6.61 Å². The topological polar surface area (TPSA) is 116 Å². The van der Waals surface area contributed by atoms with Crippen LogP contribution in [0.5, 0.6) is 23.0 Å². The van der Waals surface area contributed by atoms with Gasteiger partial charge in [0, 0.05) is 11.6 Å². The molecule has 3 aromatic carbocycles. The minimum absolute atomic E-state index is 0.172. The van der Waals surface area contributed by atoms with E-state index in [4.69, 9.17) is 24.1 Å². The number of methoxy groups -OCH3 is 3. The van der Waals surface area contributed by atoms with E-state index in [0.717, 1.165) is 0 Å². The number of ether oxygens (including phenoxy) is 4. The number of carboxylic acids is 1. The van der Waals surface area contributed by atoms with E-state index in [9.17, 15) is 9.59 Å². The van der Waals surface area contributed by atoms with E-state index < -0.39 is 11.9 Å². The Hall–Kier alpha value is -4.53. The third kappa shape index (κ3) is 6.26. The zero-order valence-electron chi connectivity index (χ0n) is 18.9. The van der Waals surface area contributed by atoms with Crippen molar-refractivity contribution in [1.29, 1.82) is 0 Å². The van der Waals surface area contributed by atoms with Gasteiger partial charge < -0.3 is 24.1 Å². The van der Waals surface area contributed by atoms with E-state index in [1.54, 1.807) is 54.6 Å². The molecule has 3 aromatic rings. The molecular weight excluding hydrogens is 440 g/mol. The van der Waals surface area contributed by atoms with Crippen molar-refractivity contribution in [1.82, 2.24) is 5.43 Å². The second-order valence-electron chi connectivity index (χ2n) is 7.00. The molecule has 0 fully saturated rings. The molecule has 0 aromatic heterocycles. The number of hydrogen-bond acceptors (Lipinski definition) is 7. The van der Waals surface area contributed by atoms with Crippen molar-refractivity contribution < 1.29 is 33.6 Å². The summed E-state index contributed by atoms with van der Waals surface area (Å²) in [7, 11) is 4.51. The number of nitrogens with zero attached hydrogens (tertiary/aromatic N) is 1. The Morgan fingerprint density at radius 3 is 2.26 bits per heavy atom.